The van der Waals surface area contributed by atoms with Crippen LogP contribution in [0.3, 0.4) is 0 Å². The molecular weight excluding hydrogens is 598 g/mol. The first-order chi connectivity index (χ1) is 21.8. The lowest BCUT2D eigenvalue weighted by Gasteiger charge is -2.37. The summed E-state index contributed by atoms with van der Waals surface area (Å²) in [6.07, 6.45) is 7.07. The number of urea groups is 1. The van der Waals surface area contributed by atoms with Gasteiger partial charge in [0.25, 0.3) is 0 Å². The maximum absolute atomic E-state index is 14.4. The van der Waals surface area contributed by atoms with Crippen molar-refractivity contribution in [2.24, 2.45) is 29.1 Å². The lowest BCUT2D eigenvalue weighted by atomic mass is 9.82. The molecule has 2 saturated carbocycles. The molecule has 3 rings (SSSR count). The summed E-state index contributed by atoms with van der Waals surface area (Å²) in [4.78, 5) is 81.7. The highest BCUT2D eigenvalue weighted by Gasteiger charge is 2.69. The molecule has 0 aromatic carbocycles. The molecule has 1 heterocycles. The van der Waals surface area contributed by atoms with E-state index >= 15 is 0 Å². The number of esters is 1. The Labute approximate surface area is 281 Å². The molecule has 10 heteroatoms. The van der Waals surface area contributed by atoms with Crippen LogP contribution in [0.2, 0.25) is 0 Å². The van der Waals surface area contributed by atoms with Crippen LogP contribution in [0.15, 0.2) is 12.7 Å². The van der Waals surface area contributed by atoms with Crippen LogP contribution in [0.5, 0.6) is 0 Å². The van der Waals surface area contributed by atoms with Crippen LogP contribution < -0.4 is 10.6 Å². The van der Waals surface area contributed by atoms with Gasteiger partial charge in [0.15, 0.2) is 11.6 Å². The number of fused-ring (bicyclic) bond motifs is 1. The number of hydrogen-bond acceptors (Lipinski definition) is 7. The van der Waals surface area contributed by atoms with Crippen LogP contribution >= 0.6 is 0 Å². The normalized spacial score (nSPS) is 23.6. The zero-order valence-electron chi connectivity index (χ0n) is 30.0. The van der Waals surface area contributed by atoms with E-state index in [4.69, 9.17) is 4.74 Å². The second-order valence-electron chi connectivity index (χ2n) is 16.6. The number of hydrogen-bond donors (Lipinski definition) is 2. The molecule has 0 aromatic rings. The number of nitrogens with one attached hydrogen (secondary N) is 2. The van der Waals surface area contributed by atoms with Gasteiger partial charge in [-0.05, 0) is 96.8 Å². The molecule has 0 radical (unpaired) electrons. The summed E-state index contributed by atoms with van der Waals surface area (Å²) in [5, 5.41) is 5.88. The SMILES string of the molecule is C=CCCC(CC(=O)[C@@H]1[C@@H]2[C@H](CN1C(=O)[C@@H](NC(=O)NC(C)(C)C)C1CCCCC1)C2(C)C)C(=O)C(=O)CCCC(=O)OC(C)(C)C. The summed E-state index contributed by atoms with van der Waals surface area (Å²) >= 11 is 0. The van der Waals surface area contributed by atoms with Crippen LogP contribution in [-0.4, -0.2) is 69.9 Å². The Balaban J connectivity index is 1.77. The standard InChI is InChI=1S/C37H59N3O7/c1-10-11-16-24(32(44)26(41)19-15-20-28(43)47-36(5,6)7)21-27(42)31-29-25(37(29,8)9)22-40(31)33(45)30(23-17-13-12-14-18-23)38-34(46)39-35(2,3)4/h10,23-25,29-31H,1,11-22H2,2-9H3,(H2,38,39,46)/t24?,25-,29-,30-,31+/m0/s1. The molecule has 0 aromatic heterocycles. The van der Waals surface area contributed by atoms with E-state index in [9.17, 15) is 28.8 Å². The number of ketones is 3. The van der Waals surface area contributed by atoms with Crippen molar-refractivity contribution in [2.45, 2.75) is 149 Å². The number of carbonyl (C=O) groups excluding carboxylic acids is 6. The van der Waals surface area contributed by atoms with Gasteiger partial charge in [-0.1, -0.05) is 39.2 Å². The van der Waals surface area contributed by atoms with Gasteiger partial charge < -0.3 is 20.3 Å². The monoisotopic (exact) mass is 657 g/mol. The van der Waals surface area contributed by atoms with E-state index in [2.05, 4.69) is 31.1 Å². The van der Waals surface area contributed by atoms with Gasteiger partial charge in [0.1, 0.15) is 11.6 Å². The maximum atomic E-state index is 14.4. The number of carbonyl (C=O) groups is 6. The van der Waals surface area contributed by atoms with Crippen LogP contribution in [0.25, 0.3) is 0 Å². The van der Waals surface area contributed by atoms with E-state index in [1.54, 1.807) is 31.7 Å². The van der Waals surface area contributed by atoms with Crippen LogP contribution in [0.4, 0.5) is 4.79 Å². The first-order valence-corrected chi connectivity index (χ1v) is 17.6. The van der Waals surface area contributed by atoms with E-state index in [0.717, 1.165) is 32.1 Å². The molecule has 1 saturated heterocycles. The van der Waals surface area contributed by atoms with Crippen molar-refractivity contribution in [1.29, 1.82) is 0 Å². The summed E-state index contributed by atoms with van der Waals surface area (Å²) in [5.74, 6) is -2.88. The van der Waals surface area contributed by atoms with E-state index in [-0.39, 0.29) is 60.5 Å². The van der Waals surface area contributed by atoms with Crippen molar-refractivity contribution < 1.29 is 33.5 Å². The number of piperidine rings is 1. The summed E-state index contributed by atoms with van der Waals surface area (Å²) < 4.78 is 5.30. The zero-order chi connectivity index (χ0) is 35.3. The average molecular weight is 658 g/mol. The van der Waals surface area contributed by atoms with Crippen molar-refractivity contribution in [3.63, 3.8) is 0 Å². The fourth-order valence-electron chi connectivity index (χ4n) is 7.57. The number of amides is 3. The summed E-state index contributed by atoms with van der Waals surface area (Å²) in [5.41, 5.74) is -1.25. The summed E-state index contributed by atoms with van der Waals surface area (Å²) in [6, 6.07) is -1.88. The molecule has 0 spiro atoms. The van der Waals surface area contributed by atoms with Crippen molar-refractivity contribution >= 4 is 35.3 Å². The van der Waals surface area contributed by atoms with Crippen molar-refractivity contribution in [2.75, 3.05) is 6.54 Å². The molecule has 264 valence electrons. The quantitative estimate of drug-likeness (QED) is 0.131. The van der Waals surface area contributed by atoms with Gasteiger partial charge in [0.05, 0.1) is 6.04 Å². The number of ether oxygens (including phenoxy) is 1. The first-order valence-electron chi connectivity index (χ1n) is 17.6. The Bertz CT molecular complexity index is 1210. The molecule has 3 amide bonds. The third kappa shape index (κ3) is 10.5. The number of allylic oxidation sites excluding steroid dienone is 1. The van der Waals surface area contributed by atoms with E-state index < -0.39 is 52.7 Å². The minimum atomic E-state index is -0.836. The number of Topliss-reactive ketones (excluding diaryl/α,β-unsaturated/α-hetero) is 3. The van der Waals surface area contributed by atoms with Gasteiger partial charge in [-0.3, -0.25) is 24.0 Å². The lowest BCUT2D eigenvalue weighted by Crippen LogP contribution is -2.59. The third-order valence-corrected chi connectivity index (χ3v) is 10.0. The average Bonchev–Trinajstić information content (AvgIpc) is 3.26. The fraction of sp³-hybridized carbons (Fsp3) is 0.784. The molecule has 1 aliphatic heterocycles. The van der Waals surface area contributed by atoms with Gasteiger partial charge in [-0.25, -0.2) is 4.79 Å². The molecular formula is C37H59N3O7. The molecule has 3 aliphatic rings. The van der Waals surface area contributed by atoms with Gasteiger partial charge in [0, 0.05) is 37.3 Å². The molecule has 0 bridgehead atoms. The summed E-state index contributed by atoms with van der Waals surface area (Å²) in [7, 11) is 0. The maximum Gasteiger partial charge on any atom is 0.315 e. The molecule has 3 fully saturated rings. The van der Waals surface area contributed by atoms with Crippen molar-refractivity contribution in [1.82, 2.24) is 15.5 Å². The highest BCUT2D eigenvalue weighted by molar-refractivity contribution is 6.38. The van der Waals surface area contributed by atoms with Gasteiger partial charge >= 0.3 is 12.0 Å². The number of rotatable bonds is 15. The van der Waals surface area contributed by atoms with E-state index in [0.29, 0.717) is 19.4 Å². The van der Waals surface area contributed by atoms with Gasteiger partial charge in [-0.2, -0.15) is 0 Å². The second kappa shape index (κ2) is 15.5. The predicted molar refractivity (Wildman–Crippen MR) is 180 cm³/mol. The van der Waals surface area contributed by atoms with Crippen LogP contribution in [0, 0.1) is 29.1 Å². The van der Waals surface area contributed by atoms with E-state index in [1.807, 2.05) is 20.8 Å². The second-order valence-corrected chi connectivity index (χ2v) is 16.6. The Hall–Kier alpha value is -3.04. The predicted octanol–water partition coefficient (Wildman–Crippen LogP) is 5.71. The topological polar surface area (TPSA) is 139 Å². The van der Waals surface area contributed by atoms with E-state index in [1.165, 1.54) is 0 Å². The zero-order valence-corrected chi connectivity index (χ0v) is 30.0. The molecule has 2 aliphatic carbocycles. The number of nitrogens with zero attached hydrogens (tertiary/aromatic N) is 1. The largest absolute Gasteiger partial charge is 0.460 e. The van der Waals surface area contributed by atoms with Crippen molar-refractivity contribution in [3.8, 4) is 0 Å². The molecule has 2 N–H and O–H groups in total. The highest BCUT2D eigenvalue weighted by Crippen LogP contribution is 2.65. The molecule has 10 nitrogen and oxygen atoms in total. The molecule has 1 unspecified atom stereocenters. The van der Waals surface area contributed by atoms with Crippen LogP contribution in [-0.2, 0) is 28.7 Å². The Morgan fingerprint density at radius 3 is 2.19 bits per heavy atom. The summed E-state index contributed by atoms with van der Waals surface area (Å²) in [6.45, 7) is 19.3. The van der Waals surface area contributed by atoms with Crippen molar-refractivity contribution in [3.05, 3.63) is 12.7 Å². The Kier molecular flexibility index (Phi) is 12.6. The smallest absolute Gasteiger partial charge is 0.315 e. The van der Waals surface area contributed by atoms with Gasteiger partial charge in [-0.15, -0.1) is 6.58 Å². The molecule has 47 heavy (non-hydrogen) atoms. The number of likely N-dealkylation sites (tertiary alicyclic amines) is 1. The minimum absolute atomic E-state index is 0.0216. The van der Waals surface area contributed by atoms with Crippen LogP contribution in [0.1, 0.15) is 126 Å². The highest BCUT2D eigenvalue weighted by atomic mass is 16.6. The Morgan fingerprint density at radius 1 is 0.979 bits per heavy atom. The minimum Gasteiger partial charge on any atom is -0.460 e. The lowest BCUT2D eigenvalue weighted by molar-refractivity contribution is -0.155. The Morgan fingerprint density at radius 2 is 1.62 bits per heavy atom. The fourth-order valence-corrected chi connectivity index (χ4v) is 7.57. The molecule has 5 atom stereocenters. The van der Waals surface area contributed by atoms with Gasteiger partial charge in [0.2, 0.25) is 11.7 Å². The first kappa shape index (κ1) is 38.4. The third-order valence-electron chi connectivity index (χ3n) is 10.0.